The van der Waals surface area contributed by atoms with Gasteiger partial charge in [0.05, 0.1) is 0 Å². The van der Waals surface area contributed by atoms with E-state index in [1.54, 1.807) is 6.33 Å². The lowest BCUT2D eigenvalue weighted by atomic mass is 9.99. The summed E-state index contributed by atoms with van der Waals surface area (Å²) in [6.07, 6.45) is 4.79. The highest BCUT2D eigenvalue weighted by Gasteiger charge is 2.20. The van der Waals surface area contributed by atoms with E-state index in [2.05, 4.69) is 51.4 Å². The molecule has 1 aliphatic rings. The molecule has 3 rings (SSSR count). The maximum atomic E-state index is 9.38. The molecule has 1 aliphatic heterocycles. The van der Waals surface area contributed by atoms with Gasteiger partial charge in [0.15, 0.2) is 0 Å². The second-order valence-electron chi connectivity index (χ2n) is 6.56. The molecule has 1 unspecified atom stereocenters. The van der Waals surface area contributed by atoms with Gasteiger partial charge in [0, 0.05) is 32.3 Å². The third-order valence-electron chi connectivity index (χ3n) is 4.56. The van der Waals surface area contributed by atoms with Crippen molar-refractivity contribution in [3.8, 4) is 0 Å². The molecule has 0 bridgehead atoms. The van der Waals surface area contributed by atoms with E-state index in [9.17, 15) is 5.11 Å². The van der Waals surface area contributed by atoms with E-state index >= 15 is 0 Å². The third-order valence-corrected chi connectivity index (χ3v) is 4.56. The second-order valence-corrected chi connectivity index (χ2v) is 6.56. The van der Waals surface area contributed by atoms with E-state index in [0.717, 1.165) is 50.5 Å². The minimum atomic E-state index is 0.253. The van der Waals surface area contributed by atoms with Crippen LogP contribution in [0, 0.1) is 12.8 Å². The summed E-state index contributed by atoms with van der Waals surface area (Å²) in [5.74, 6) is 2.16. The van der Waals surface area contributed by atoms with Gasteiger partial charge in [-0.2, -0.15) is 0 Å². The van der Waals surface area contributed by atoms with Gasteiger partial charge < -0.3 is 15.3 Å². The summed E-state index contributed by atoms with van der Waals surface area (Å²) < 4.78 is 0. The summed E-state index contributed by atoms with van der Waals surface area (Å²) in [6.45, 7) is 5.08. The first-order valence-electron chi connectivity index (χ1n) is 8.72. The predicted molar refractivity (Wildman–Crippen MR) is 97.4 cm³/mol. The Morgan fingerprint density at radius 1 is 1.29 bits per heavy atom. The van der Waals surface area contributed by atoms with Gasteiger partial charge in [-0.1, -0.05) is 29.8 Å². The molecule has 0 spiro atoms. The number of hydrogen-bond acceptors (Lipinski definition) is 5. The Hall–Kier alpha value is -2.14. The summed E-state index contributed by atoms with van der Waals surface area (Å²) in [5, 5.41) is 12.8. The van der Waals surface area contributed by atoms with Crippen LogP contribution in [0.5, 0.6) is 0 Å². The minimum absolute atomic E-state index is 0.253. The van der Waals surface area contributed by atoms with E-state index < -0.39 is 0 Å². The van der Waals surface area contributed by atoms with E-state index in [4.69, 9.17) is 0 Å². The zero-order chi connectivity index (χ0) is 16.8. The molecular formula is C19H26N4O. The topological polar surface area (TPSA) is 61.3 Å². The molecular weight excluding hydrogens is 300 g/mol. The van der Waals surface area contributed by atoms with Crippen molar-refractivity contribution in [3.63, 3.8) is 0 Å². The van der Waals surface area contributed by atoms with Gasteiger partial charge in [-0.3, -0.25) is 0 Å². The van der Waals surface area contributed by atoms with Gasteiger partial charge >= 0.3 is 0 Å². The van der Waals surface area contributed by atoms with Gasteiger partial charge in [0.2, 0.25) is 0 Å². The Labute approximate surface area is 143 Å². The molecule has 1 aromatic carbocycles. The molecule has 5 nitrogen and oxygen atoms in total. The number of benzene rings is 1. The SMILES string of the molecule is Cc1cccc(CCNc2cc(N3CCCC(CO)C3)ncn2)c1. The normalized spacial score (nSPS) is 17.8. The fraction of sp³-hybridized carbons (Fsp3) is 0.474. The summed E-state index contributed by atoms with van der Waals surface area (Å²) >= 11 is 0. The maximum absolute atomic E-state index is 9.38. The quantitative estimate of drug-likeness (QED) is 0.854. The lowest BCUT2D eigenvalue weighted by molar-refractivity contribution is 0.208. The van der Waals surface area contributed by atoms with Crippen molar-refractivity contribution in [2.45, 2.75) is 26.2 Å². The number of nitrogens with zero attached hydrogens (tertiary/aromatic N) is 3. The zero-order valence-corrected chi connectivity index (χ0v) is 14.3. The van der Waals surface area contributed by atoms with Crippen LogP contribution < -0.4 is 10.2 Å². The summed E-state index contributed by atoms with van der Waals surface area (Å²) in [5.41, 5.74) is 2.62. The Morgan fingerprint density at radius 2 is 2.21 bits per heavy atom. The lowest BCUT2D eigenvalue weighted by Gasteiger charge is -2.32. The number of aromatic nitrogens is 2. The lowest BCUT2D eigenvalue weighted by Crippen LogP contribution is -2.37. The van der Waals surface area contributed by atoms with Crippen molar-refractivity contribution in [1.29, 1.82) is 0 Å². The van der Waals surface area contributed by atoms with Gasteiger partial charge in [-0.05, 0) is 37.7 Å². The fourth-order valence-corrected chi connectivity index (χ4v) is 3.24. The molecule has 24 heavy (non-hydrogen) atoms. The maximum Gasteiger partial charge on any atom is 0.134 e. The van der Waals surface area contributed by atoms with Crippen LogP contribution >= 0.6 is 0 Å². The Balaban J connectivity index is 1.57. The number of rotatable bonds is 6. The largest absolute Gasteiger partial charge is 0.396 e. The second kappa shape index (κ2) is 8.11. The van der Waals surface area contributed by atoms with Gasteiger partial charge in [0.25, 0.3) is 0 Å². The Bertz CT molecular complexity index is 661. The molecule has 2 N–H and O–H groups in total. The summed E-state index contributed by atoms with van der Waals surface area (Å²) in [4.78, 5) is 11.0. The third kappa shape index (κ3) is 4.45. The highest BCUT2D eigenvalue weighted by Crippen LogP contribution is 2.22. The highest BCUT2D eigenvalue weighted by atomic mass is 16.3. The van der Waals surface area contributed by atoms with Gasteiger partial charge in [-0.15, -0.1) is 0 Å². The van der Waals surface area contributed by atoms with Gasteiger partial charge in [0.1, 0.15) is 18.0 Å². The monoisotopic (exact) mass is 326 g/mol. The zero-order valence-electron chi connectivity index (χ0n) is 14.3. The highest BCUT2D eigenvalue weighted by molar-refractivity contribution is 5.48. The smallest absolute Gasteiger partial charge is 0.134 e. The molecule has 2 heterocycles. The predicted octanol–water partition coefficient (Wildman–Crippen LogP) is 2.65. The minimum Gasteiger partial charge on any atom is -0.396 e. The molecule has 5 heteroatoms. The first kappa shape index (κ1) is 16.7. The number of aliphatic hydroxyl groups excluding tert-OH is 1. The first-order valence-corrected chi connectivity index (χ1v) is 8.72. The van der Waals surface area contributed by atoms with E-state index in [1.165, 1.54) is 11.1 Å². The number of anilines is 2. The standard InChI is InChI=1S/C19H26N4O/c1-15-4-2-5-16(10-15)7-8-20-18-11-19(22-14-21-18)23-9-3-6-17(12-23)13-24/h2,4-5,10-11,14,17,24H,3,6-9,12-13H2,1H3,(H,20,21,22). The molecule has 1 saturated heterocycles. The molecule has 128 valence electrons. The number of nitrogens with one attached hydrogen (secondary N) is 1. The van der Waals surface area contributed by atoms with Crippen LogP contribution in [0.2, 0.25) is 0 Å². The molecule has 0 aliphatic carbocycles. The van der Waals surface area contributed by atoms with Crippen molar-refractivity contribution in [1.82, 2.24) is 9.97 Å². The van der Waals surface area contributed by atoms with Crippen LogP contribution in [0.25, 0.3) is 0 Å². The van der Waals surface area contributed by atoms with Crippen LogP contribution in [0.3, 0.4) is 0 Å². The fourth-order valence-electron chi connectivity index (χ4n) is 3.24. The van der Waals surface area contributed by atoms with E-state index in [1.807, 2.05) is 6.07 Å². The number of piperidine rings is 1. The molecule has 1 atom stereocenters. The van der Waals surface area contributed by atoms with Crippen molar-refractivity contribution in [3.05, 3.63) is 47.8 Å². The van der Waals surface area contributed by atoms with Crippen LogP contribution in [0.15, 0.2) is 36.7 Å². The van der Waals surface area contributed by atoms with Crippen molar-refractivity contribution >= 4 is 11.6 Å². The summed E-state index contributed by atoms with van der Waals surface area (Å²) in [7, 11) is 0. The van der Waals surface area contributed by atoms with E-state index in [0.29, 0.717) is 5.92 Å². The number of aliphatic hydroxyl groups is 1. The molecule has 0 saturated carbocycles. The number of hydrogen-bond donors (Lipinski definition) is 2. The van der Waals surface area contributed by atoms with Crippen molar-refractivity contribution < 1.29 is 5.11 Å². The molecule has 0 radical (unpaired) electrons. The number of aryl methyl sites for hydroxylation is 1. The summed E-state index contributed by atoms with van der Waals surface area (Å²) in [6, 6.07) is 10.6. The van der Waals surface area contributed by atoms with Crippen molar-refractivity contribution in [2.24, 2.45) is 5.92 Å². The van der Waals surface area contributed by atoms with Gasteiger partial charge in [-0.25, -0.2) is 9.97 Å². The van der Waals surface area contributed by atoms with Crippen LogP contribution in [0.4, 0.5) is 11.6 Å². The Kier molecular flexibility index (Phi) is 5.64. The van der Waals surface area contributed by atoms with Crippen LogP contribution in [0.1, 0.15) is 24.0 Å². The average Bonchev–Trinajstić information content (AvgIpc) is 2.62. The van der Waals surface area contributed by atoms with Crippen LogP contribution in [-0.4, -0.2) is 41.3 Å². The molecule has 1 aromatic heterocycles. The first-order chi connectivity index (χ1) is 11.7. The average molecular weight is 326 g/mol. The molecule has 2 aromatic rings. The van der Waals surface area contributed by atoms with E-state index in [-0.39, 0.29) is 6.61 Å². The van der Waals surface area contributed by atoms with Crippen LogP contribution in [-0.2, 0) is 6.42 Å². The molecule has 0 amide bonds. The molecule has 1 fully saturated rings. The Morgan fingerprint density at radius 3 is 3.04 bits per heavy atom. The van der Waals surface area contributed by atoms with Crippen molar-refractivity contribution in [2.75, 3.05) is 36.5 Å².